The lowest BCUT2D eigenvalue weighted by Crippen LogP contribution is -2.35. The van der Waals surface area contributed by atoms with Gasteiger partial charge in [0, 0.05) is 13.2 Å². The zero-order chi connectivity index (χ0) is 15.7. The number of hydrogen-bond acceptors (Lipinski definition) is 5. The van der Waals surface area contributed by atoms with Crippen molar-refractivity contribution in [1.29, 1.82) is 0 Å². The van der Waals surface area contributed by atoms with Crippen molar-refractivity contribution in [2.75, 3.05) is 19.8 Å². The van der Waals surface area contributed by atoms with Crippen LogP contribution in [0, 0.1) is 0 Å². The first-order valence-electron chi connectivity index (χ1n) is 6.66. The van der Waals surface area contributed by atoms with Crippen molar-refractivity contribution >= 4 is 11.7 Å². The van der Waals surface area contributed by atoms with Gasteiger partial charge in [-0.1, -0.05) is 17.3 Å². The number of para-hydroxylation sites is 1. The summed E-state index contributed by atoms with van der Waals surface area (Å²) < 4.78 is 10.7. The fourth-order valence-corrected chi connectivity index (χ4v) is 1.65. The summed E-state index contributed by atoms with van der Waals surface area (Å²) in [4.78, 5) is 11.7. The molecule has 0 saturated carbocycles. The minimum atomic E-state index is -0.268. The Morgan fingerprint density at radius 2 is 2.19 bits per heavy atom. The molecule has 1 unspecified atom stereocenters. The summed E-state index contributed by atoms with van der Waals surface area (Å²) in [5, 5.41) is 14.3. The van der Waals surface area contributed by atoms with E-state index in [9.17, 15) is 4.79 Å². The first-order chi connectivity index (χ1) is 10.1. The maximum atomic E-state index is 11.7. The maximum Gasteiger partial charge on any atom is 0.258 e. The SMILES string of the molecule is CCOC(C)CNC(=O)COc1ccccc1/C(N)=N/O. The fraction of sp³-hybridized carbons (Fsp3) is 0.429. The average molecular weight is 295 g/mol. The van der Waals surface area contributed by atoms with Gasteiger partial charge in [0.2, 0.25) is 0 Å². The molecule has 0 spiro atoms. The van der Waals surface area contributed by atoms with Crippen molar-refractivity contribution in [1.82, 2.24) is 5.32 Å². The van der Waals surface area contributed by atoms with Crippen LogP contribution in [0.5, 0.6) is 5.75 Å². The Kier molecular flexibility index (Phi) is 7.03. The average Bonchev–Trinajstić information content (AvgIpc) is 2.50. The molecule has 0 aliphatic carbocycles. The zero-order valence-electron chi connectivity index (χ0n) is 12.2. The Labute approximate surface area is 123 Å². The predicted octanol–water partition coefficient (Wildman–Crippen LogP) is 0.701. The molecule has 0 bridgehead atoms. The number of nitrogens with one attached hydrogen (secondary N) is 1. The summed E-state index contributed by atoms with van der Waals surface area (Å²) >= 11 is 0. The van der Waals surface area contributed by atoms with E-state index < -0.39 is 0 Å². The number of amidine groups is 1. The van der Waals surface area contributed by atoms with Gasteiger partial charge in [0.25, 0.3) is 5.91 Å². The molecular formula is C14H21N3O4. The number of carbonyl (C=O) groups excluding carboxylic acids is 1. The van der Waals surface area contributed by atoms with Crippen LogP contribution in [0.3, 0.4) is 0 Å². The Bertz CT molecular complexity index is 491. The molecule has 7 nitrogen and oxygen atoms in total. The standard InChI is InChI=1S/C14H21N3O4/c1-3-20-10(2)8-16-13(18)9-21-12-7-5-4-6-11(12)14(15)17-19/h4-7,10,19H,3,8-9H2,1-2H3,(H2,15,17)(H,16,18). The molecule has 0 heterocycles. The molecular weight excluding hydrogens is 274 g/mol. The number of benzene rings is 1. The molecule has 1 aromatic rings. The van der Waals surface area contributed by atoms with E-state index in [0.717, 1.165) is 0 Å². The molecule has 1 atom stereocenters. The van der Waals surface area contributed by atoms with E-state index in [0.29, 0.717) is 24.5 Å². The van der Waals surface area contributed by atoms with Gasteiger partial charge in [-0.2, -0.15) is 0 Å². The third-order valence-corrected chi connectivity index (χ3v) is 2.67. The molecule has 116 valence electrons. The lowest BCUT2D eigenvalue weighted by atomic mass is 10.2. The molecule has 0 aromatic heterocycles. The van der Waals surface area contributed by atoms with E-state index >= 15 is 0 Å². The molecule has 0 aliphatic heterocycles. The second kappa shape index (κ2) is 8.80. The molecule has 1 aromatic carbocycles. The molecule has 0 saturated heterocycles. The van der Waals surface area contributed by atoms with Gasteiger partial charge in [-0.3, -0.25) is 4.79 Å². The van der Waals surface area contributed by atoms with Crippen LogP contribution in [0.15, 0.2) is 29.4 Å². The van der Waals surface area contributed by atoms with Crippen LogP contribution in [0.25, 0.3) is 0 Å². The largest absolute Gasteiger partial charge is 0.483 e. The topological polar surface area (TPSA) is 106 Å². The fourth-order valence-electron chi connectivity index (χ4n) is 1.65. The number of nitrogens with two attached hydrogens (primary N) is 1. The van der Waals surface area contributed by atoms with Crippen LogP contribution >= 0.6 is 0 Å². The van der Waals surface area contributed by atoms with Crippen LogP contribution in [-0.2, 0) is 9.53 Å². The number of ether oxygens (including phenoxy) is 2. The van der Waals surface area contributed by atoms with E-state index in [2.05, 4.69) is 10.5 Å². The smallest absolute Gasteiger partial charge is 0.258 e. The molecule has 4 N–H and O–H groups in total. The normalized spacial score (nSPS) is 12.8. The zero-order valence-corrected chi connectivity index (χ0v) is 12.2. The Morgan fingerprint density at radius 3 is 2.86 bits per heavy atom. The lowest BCUT2D eigenvalue weighted by Gasteiger charge is -2.13. The third-order valence-electron chi connectivity index (χ3n) is 2.67. The number of rotatable bonds is 8. The molecule has 1 amide bonds. The van der Waals surface area contributed by atoms with Gasteiger partial charge < -0.3 is 25.7 Å². The highest BCUT2D eigenvalue weighted by Crippen LogP contribution is 2.17. The van der Waals surface area contributed by atoms with E-state index in [1.807, 2.05) is 13.8 Å². The second-order valence-electron chi connectivity index (χ2n) is 4.34. The van der Waals surface area contributed by atoms with Gasteiger partial charge in [-0.25, -0.2) is 0 Å². The van der Waals surface area contributed by atoms with Crippen LogP contribution < -0.4 is 15.8 Å². The highest BCUT2D eigenvalue weighted by Gasteiger charge is 2.10. The Morgan fingerprint density at radius 1 is 1.48 bits per heavy atom. The Hall–Kier alpha value is -2.28. The van der Waals surface area contributed by atoms with Crippen molar-refractivity contribution < 1.29 is 19.5 Å². The molecule has 0 fully saturated rings. The number of amides is 1. The first-order valence-corrected chi connectivity index (χ1v) is 6.66. The van der Waals surface area contributed by atoms with Crippen molar-refractivity contribution in [3.63, 3.8) is 0 Å². The van der Waals surface area contributed by atoms with Gasteiger partial charge in [-0.15, -0.1) is 0 Å². The molecule has 0 radical (unpaired) electrons. The van der Waals surface area contributed by atoms with Gasteiger partial charge in [0.1, 0.15) is 5.75 Å². The molecule has 7 heteroatoms. The summed E-state index contributed by atoms with van der Waals surface area (Å²) in [6, 6.07) is 6.74. The van der Waals surface area contributed by atoms with Gasteiger partial charge in [-0.05, 0) is 26.0 Å². The highest BCUT2D eigenvalue weighted by molar-refractivity contribution is 5.99. The van der Waals surface area contributed by atoms with Crippen LogP contribution in [0.4, 0.5) is 0 Å². The van der Waals surface area contributed by atoms with Crippen molar-refractivity contribution in [2.24, 2.45) is 10.9 Å². The van der Waals surface area contributed by atoms with E-state index in [1.165, 1.54) is 0 Å². The Balaban J connectivity index is 2.50. The van der Waals surface area contributed by atoms with Gasteiger partial charge in [0.05, 0.1) is 11.7 Å². The summed E-state index contributed by atoms with van der Waals surface area (Å²) in [6.45, 7) is 4.62. The predicted molar refractivity (Wildman–Crippen MR) is 78.5 cm³/mol. The third kappa shape index (κ3) is 5.70. The van der Waals surface area contributed by atoms with Crippen molar-refractivity contribution in [3.8, 4) is 5.75 Å². The lowest BCUT2D eigenvalue weighted by molar-refractivity contribution is -0.123. The van der Waals surface area contributed by atoms with Crippen LogP contribution in [0.2, 0.25) is 0 Å². The number of hydrogen-bond donors (Lipinski definition) is 3. The number of nitrogens with zero attached hydrogens (tertiary/aromatic N) is 1. The second-order valence-corrected chi connectivity index (χ2v) is 4.34. The van der Waals surface area contributed by atoms with Crippen LogP contribution in [0.1, 0.15) is 19.4 Å². The quantitative estimate of drug-likeness (QED) is 0.283. The summed E-state index contributed by atoms with van der Waals surface area (Å²) in [7, 11) is 0. The maximum absolute atomic E-state index is 11.7. The first kappa shape index (κ1) is 16.8. The molecule has 1 rings (SSSR count). The summed E-state index contributed by atoms with van der Waals surface area (Å²) in [5.74, 6) is 0.0349. The number of carbonyl (C=O) groups is 1. The van der Waals surface area contributed by atoms with Crippen molar-refractivity contribution in [3.05, 3.63) is 29.8 Å². The van der Waals surface area contributed by atoms with Gasteiger partial charge >= 0.3 is 0 Å². The van der Waals surface area contributed by atoms with Gasteiger partial charge in [0.15, 0.2) is 12.4 Å². The summed E-state index contributed by atoms with van der Waals surface area (Å²) in [6.07, 6.45) is -0.0524. The highest BCUT2D eigenvalue weighted by atomic mass is 16.5. The minimum Gasteiger partial charge on any atom is -0.483 e. The molecule has 0 aliphatic rings. The van der Waals surface area contributed by atoms with Crippen LogP contribution in [-0.4, -0.2) is 42.8 Å². The van der Waals surface area contributed by atoms with E-state index in [1.54, 1.807) is 24.3 Å². The van der Waals surface area contributed by atoms with E-state index in [-0.39, 0.29) is 24.5 Å². The monoisotopic (exact) mass is 295 g/mol. The summed E-state index contributed by atoms with van der Waals surface area (Å²) in [5.41, 5.74) is 5.96. The number of oxime groups is 1. The van der Waals surface area contributed by atoms with Crippen molar-refractivity contribution in [2.45, 2.75) is 20.0 Å². The minimum absolute atomic E-state index is 0.0524. The van der Waals surface area contributed by atoms with E-state index in [4.69, 9.17) is 20.4 Å². The molecule has 21 heavy (non-hydrogen) atoms.